The molecule has 1 aromatic carbocycles. The van der Waals surface area contributed by atoms with Crippen molar-refractivity contribution in [2.45, 2.75) is 50.7 Å². The van der Waals surface area contributed by atoms with E-state index in [0.29, 0.717) is 12.1 Å². The van der Waals surface area contributed by atoms with E-state index in [1.54, 1.807) is 0 Å². The van der Waals surface area contributed by atoms with E-state index in [1.807, 2.05) is 0 Å². The number of allylic oxidation sites excluding steroid dienone is 1. The number of rotatable bonds is 3. The van der Waals surface area contributed by atoms with Crippen molar-refractivity contribution in [3.05, 3.63) is 48.0 Å². The number of nitrogens with one attached hydrogen (secondary N) is 1. The van der Waals surface area contributed by atoms with Gasteiger partial charge in [-0.2, -0.15) is 0 Å². The van der Waals surface area contributed by atoms with Gasteiger partial charge in [0.25, 0.3) is 0 Å². The van der Waals surface area contributed by atoms with Crippen LogP contribution < -0.4 is 5.32 Å². The van der Waals surface area contributed by atoms with Crippen molar-refractivity contribution in [1.82, 2.24) is 10.2 Å². The summed E-state index contributed by atoms with van der Waals surface area (Å²) in [5.41, 5.74) is 1.45. The highest BCUT2D eigenvalue weighted by Gasteiger charge is 2.30. The average molecular weight is 270 g/mol. The van der Waals surface area contributed by atoms with Crippen LogP contribution in [0.1, 0.15) is 31.7 Å². The van der Waals surface area contributed by atoms with Crippen molar-refractivity contribution in [1.29, 1.82) is 0 Å². The lowest BCUT2D eigenvalue weighted by Crippen LogP contribution is -2.59. The molecule has 0 saturated carbocycles. The fourth-order valence-corrected chi connectivity index (χ4v) is 3.58. The molecule has 1 aliphatic carbocycles. The second kappa shape index (κ2) is 6.55. The predicted molar refractivity (Wildman–Crippen MR) is 84.9 cm³/mol. The summed E-state index contributed by atoms with van der Waals surface area (Å²) in [6.45, 7) is 4.68. The Morgan fingerprint density at radius 2 is 2.05 bits per heavy atom. The second-order valence-electron chi connectivity index (χ2n) is 6.28. The van der Waals surface area contributed by atoms with Gasteiger partial charge in [0.1, 0.15) is 0 Å². The summed E-state index contributed by atoms with van der Waals surface area (Å²) < 4.78 is 0. The number of nitrogens with zero attached hydrogens (tertiary/aromatic N) is 1. The van der Waals surface area contributed by atoms with Crippen molar-refractivity contribution < 1.29 is 0 Å². The topological polar surface area (TPSA) is 15.3 Å². The van der Waals surface area contributed by atoms with Gasteiger partial charge in [-0.1, -0.05) is 42.5 Å². The maximum absolute atomic E-state index is 3.73. The number of hydrogen-bond donors (Lipinski definition) is 1. The smallest absolute Gasteiger partial charge is 0.0236 e. The Kier molecular flexibility index (Phi) is 4.54. The minimum atomic E-state index is 0.597. The molecule has 1 N–H and O–H groups in total. The molecule has 2 aliphatic rings. The fourth-order valence-electron chi connectivity index (χ4n) is 3.58. The Bertz CT molecular complexity index is 440. The number of benzene rings is 1. The zero-order chi connectivity index (χ0) is 13.8. The molecule has 20 heavy (non-hydrogen) atoms. The molecule has 0 spiro atoms. The zero-order valence-electron chi connectivity index (χ0n) is 12.5. The van der Waals surface area contributed by atoms with E-state index in [2.05, 4.69) is 59.6 Å². The molecule has 3 rings (SSSR count). The van der Waals surface area contributed by atoms with Crippen LogP contribution in [0.3, 0.4) is 0 Å². The zero-order valence-corrected chi connectivity index (χ0v) is 12.5. The second-order valence-corrected chi connectivity index (χ2v) is 6.28. The van der Waals surface area contributed by atoms with Gasteiger partial charge >= 0.3 is 0 Å². The molecule has 1 fully saturated rings. The molecule has 1 aliphatic heterocycles. The molecule has 0 radical (unpaired) electrons. The van der Waals surface area contributed by atoms with Crippen molar-refractivity contribution in [3.63, 3.8) is 0 Å². The van der Waals surface area contributed by atoms with E-state index < -0.39 is 0 Å². The van der Waals surface area contributed by atoms with Crippen LogP contribution in [-0.2, 0) is 6.42 Å². The minimum absolute atomic E-state index is 0.597. The lowest BCUT2D eigenvalue weighted by atomic mass is 9.95. The van der Waals surface area contributed by atoms with Crippen molar-refractivity contribution in [2.24, 2.45) is 0 Å². The van der Waals surface area contributed by atoms with E-state index in [4.69, 9.17) is 0 Å². The largest absolute Gasteiger partial charge is 0.311 e. The van der Waals surface area contributed by atoms with Crippen LogP contribution in [0, 0.1) is 0 Å². The van der Waals surface area contributed by atoms with Crippen LogP contribution in [0.15, 0.2) is 42.5 Å². The van der Waals surface area contributed by atoms with Gasteiger partial charge in [0.05, 0.1) is 0 Å². The van der Waals surface area contributed by atoms with Crippen molar-refractivity contribution >= 4 is 0 Å². The van der Waals surface area contributed by atoms with Crippen LogP contribution in [0.25, 0.3) is 0 Å². The maximum atomic E-state index is 3.73. The average Bonchev–Trinajstić information content (AvgIpc) is 2.51. The molecule has 0 bridgehead atoms. The van der Waals surface area contributed by atoms with Crippen LogP contribution in [0.5, 0.6) is 0 Å². The first-order chi connectivity index (χ1) is 9.83. The highest BCUT2D eigenvalue weighted by atomic mass is 15.2. The van der Waals surface area contributed by atoms with Gasteiger partial charge in [0.2, 0.25) is 0 Å². The van der Waals surface area contributed by atoms with Crippen molar-refractivity contribution in [3.8, 4) is 0 Å². The summed E-state index contributed by atoms with van der Waals surface area (Å²) in [5, 5.41) is 3.73. The first-order valence-electron chi connectivity index (χ1n) is 8.01. The molecular formula is C18H26N2. The third kappa shape index (κ3) is 3.31. The highest BCUT2D eigenvalue weighted by molar-refractivity contribution is 5.16. The minimum Gasteiger partial charge on any atom is -0.311 e. The molecule has 1 heterocycles. The summed E-state index contributed by atoms with van der Waals surface area (Å²) in [5.74, 6) is 0. The lowest BCUT2D eigenvalue weighted by molar-refractivity contribution is 0.0852. The third-order valence-electron chi connectivity index (χ3n) is 4.73. The van der Waals surface area contributed by atoms with Gasteiger partial charge in [-0.3, -0.25) is 4.90 Å². The lowest BCUT2D eigenvalue weighted by Gasteiger charge is -2.44. The molecule has 0 aromatic heterocycles. The van der Waals surface area contributed by atoms with Gasteiger partial charge in [-0.05, 0) is 38.2 Å². The summed E-state index contributed by atoms with van der Waals surface area (Å²) in [7, 11) is 0. The summed E-state index contributed by atoms with van der Waals surface area (Å²) in [4.78, 5) is 2.74. The molecule has 2 nitrogen and oxygen atoms in total. The highest BCUT2D eigenvalue weighted by Crippen LogP contribution is 2.22. The Morgan fingerprint density at radius 3 is 2.80 bits per heavy atom. The SMILES string of the molecule is CC1CNC(Cc2ccccc2)CN1C1CC=CCC1. The quantitative estimate of drug-likeness (QED) is 0.849. The summed E-state index contributed by atoms with van der Waals surface area (Å²) >= 11 is 0. The van der Waals surface area contributed by atoms with Crippen LogP contribution in [-0.4, -0.2) is 36.1 Å². The maximum Gasteiger partial charge on any atom is 0.0236 e. The molecule has 3 unspecified atom stereocenters. The van der Waals surface area contributed by atoms with Gasteiger partial charge in [-0.15, -0.1) is 0 Å². The van der Waals surface area contributed by atoms with E-state index in [-0.39, 0.29) is 0 Å². The monoisotopic (exact) mass is 270 g/mol. The van der Waals surface area contributed by atoms with E-state index in [0.717, 1.165) is 19.0 Å². The van der Waals surface area contributed by atoms with E-state index in [9.17, 15) is 0 Å². The number of hydrogen-bond acceptors (Lipinski definition) is 2. The Labute approximate surface area is 122 Å². The molecule has 1 aromatic rings. The van der Waals surface area contributed by atoms with Gasteiger partial charge in [0.15, 0.2) is 0 Å². The molecule has 1 saturated heterocycles. The molecule has 108 valence electrons. The Morgan fingerprint density at radius 1 is 1.20 bits per heavy atom. The molecular weight excluding hydrogens is 244 g/mol. The van der Waals surface area contributed by atoms with Gasteiger partial charge < -0.3 is 5.32 Å². The van der Waals surface area contributed by atoms with Crippen LogP contribution in [0.4, 0.5) is 0 Å². The van der Waals surface area contributed by atoms with Crippen molar-refractivity contribution in [2.75, 3.05) is 13.1 Å². The summed E-state index contributed by atoms with van der Waals surface area (Å²) in [6.07, 6.45) is 9.68. The first kappa shape index (κ1) is 13.8. The molecule has 0 amide bonds. The Hall–Kier alpha value is -1.12. The predicted octanol–water partition coefficient (Wildman–Crippen LogP) is 3.00. The fraction of sp³-hybridized carbons (Fsp3) is 0.556. The van der Waals surface area contributed by atoms with E-state index >= 15 is 0 Å². The number of piperazine rings is 1. The van der Waals surface area contributed by atoms with Gasteiger partial charge in [0, 0.05) is 31.2 Å². The van der Waals surface area contributed by atoms with E-state index in [1.165, 1.54) is 31.4 Å². The molecule has 3 atom stereocenters. The molecule has 2 heteroatoms. The van der Waals surface area contributed by atoms with Gasteiger partial charge in [-0.25, -0.2) is 0 Å². The summed E-state index contributed by atoms with van der Waals surface area (Å²) in [6, 6.07) is 12.9. The third-order valence-corrected chi connectivity index (χ3v) is 4.73. The first-order valence-corrected chi connectivity index (χ1v) is 8.01. The normalized spacial score (nSPS) is 31.4. The Balaban J connectivity index is 1.62. The van der Waals surface area contributed by atoms with Crippen LogP contribution in [0.2, 0.25) is 0 Å². The standard InChI is InChI=1S/C18H26N2/c1-15-13-19-17(12-16-8-4-2-5-9-16)14-20(15)18-10-6-3-7-11-18/h2-6,8-9,15,17-19H,7,10-14H2,1H3. The van der Waals surface area contributed by atoms with Crippen LogP contribution >= 0.6 is 0 Å².